The van der Waals surface area contributed by atoms with Crippen LogP contribution in [0.2, 0.25) is 0 Å². The van der Waals surface area contributed by atoms with Crippen LogP contribution in [0, 0.1) is 6.92 Å². The molecular formula is C26H28N4O. The fourth-order valence-electron chi connectivity index (χ4n) is 3.66. The zero-order valence-electron chi connectivity index (χ0n) is 17.9. The first-order valence-corrected chi connectivity index (χ1v) is 10.9. The first-order valence-electron chi connectivity index (χ1n) is 10.9. The van der Waals surface area contributed by atoms with Crippen molar-refractivity contribution in [3.63, 3.8) is 0 Å². The number of aryl methyl sites for hydroxylation is 2. The molecule has 4 aromatic rings. The zero-order chi connectivity index (χ0) is 21.3. The highest BCUT2D eigenvalue weighted by Gasteiger charge is 2.08. The fraction of sp³-hybridized carbons (Fsp3) is 0.269. The Kier molecular flexibility index (Phi) is 7.06. The van der Waals surface area contributed by atoms with Gasteiger partial charge in [0.1, 0.15) is 11.4 Å². The Labute approximate surface area is 183 Å². The molecule has 2 aromatic carbocycles. The van der Waals surface area contributed by atoms with Gasteiger partial charge in [0.15, 0.2) is 0 Å². The lowest BCUT2D eigenvalue weighted by atomic mass is 10.00. The molecule has 0 saturated carbocycles. The van der Waals surface area contributed by atoms with E-state index in [1.807, 2.05) is 35.3 Å². The predicted molar refractivity (Wildman–Crippen MR) is 124 cm³/mol. The van der Waals surface area contributed by atoms with E-state index in [1.54, 1.807) is 6.20 Å². The van der Waals surface area contributed by atoms with Gasteiger partial charge >= 0.3 is 0 Å². The highest BCUT2D eigenvalue weighted by molar-refractivity contribution is 5.73. The summed E-state index contributed by atoms with van der Waals surface area (Å²) in [7, 11) is 0. The van der Waals surface area contributed by atoms with E-state index in [4.69, 9.17) is 4.74 Å². The third kappa shape index (κ3) is 5.57. The second-order valence-electron chi connectivity index (χ2n) is 7.68. The van der Waals surface area contributed by atoms with Crippen LogP contribution in [0.15, 0.2) is 79.3 Å². The van der Waals surface area contributed by atoms with Gasteiger partial charge in [-0.2, -0.15) is 0 Å². The topological polar surface area (TPSA) is 52.8 Å². The number of hydrogen-bond acceptors (Lipinski definition) is 4. The molecule has 31 heavy (non-hydrogen) atoms. The third-order valence-corrected chi connectivity index (χ3v) is 5.36. The van der Waals surface area contributed by atoms with Gasteiger partial charge in [-0.15, -0.1) is 5.10 Å². The number of hydrogen-bond donors (Lipinski definition) is 0. The van der Waals surface area contributed by atoms with E-state index in [1.165, 1.54) is 11.1 Å². The molecule has 2 aromatic heterocycles. The molecule has 0 fully saturated rings. The molecule has 0 aliphatic heterocycles. The maximum Gasteiger partial charge on any atom is 0.127 e. The average Bonchev–Trinajstić information content (AvgIpc) is 3.29. The van der Waals surface area contributed by atoms with Crippen molar-refractivity contribution in [2.45, 2.75) is 39.2 Å². The van der Waals surface area contributed by atoms with Crippen molar-refractivity contribution < 1.29 is 4.74 Å². The first-order chi connectivity index (χ1) is 15.3. The van der Waals surface area contributed by atoms with Crippen molar-refractivity contribution in [1.82, 2.24) is 20.0 Å². The molecule has 5 nitrogen and oxygen atoms in total. The lowest BCUT2D eigenvalue weighted by Crippen LogP contribution is -2.01. The van der Waals surface area contributed by atoms with Crippen LogP contribution in [0.1, 0.15) is 31.2 Å². The van der Waals surface area contributed by atoms with Gasteiger partial charge in [-0.25, -0.2) is 0 Å². The molecule has 0 atom stereocenters. The normalized spacial score (nSPS) is 10.9. The van der Waals surface area contributed by atoms with Crippen molar-refractivity contribution in [2.24, 2.45) is 0 Å². The van der Waals surface area contributed by atoms with Crippen LogP contribution in [0.5, 0.6) is 5.75 Å². The van der Waals surface area contributed by atoms with Crippen LogP contribution in [-0.4, -0.2) is 26.6 Å². The number of para-hydroxylation sites is 1. The Balaban J connectivity index is 1.19. The Morgan fingerprint density at radius 3 is 2.48 bits per heavy atom. The van der Waals surface area contributed by atoms with E-state index in [9.17, 15) is 0 Å². The molecule has 0 unspecified atom stereocenters. The minimum absolute atomic E-state index is 0.734. The Morgan fingerprint density at radius 2 is 1.65 bits per heavy atom. The van der Waals surface area contributed by atoms with Gasteiger partial charge in [0.05, 0.1) is 12.8 Å². The average molecular weight is 413 g/mol. The molecular weight excluding hydrogens is 384 g/mol. The summed E-state index contributed by atoms with van der Waals surface area (Å²) in [5, 5.41) is 8.47. The summed E-state index contributed by atoms with van der Waals surface area (Å²) >= 11 is 0. The van der Waals surface area contributed by atoms with Gasteiger partial charge in [0.2, 0.25) is 0 Å². The molecule has 4 rings (SSSR count). The zero-order valence-corrected chi connectivity index (χ0v) is 17.9. The lowest BCUT2D eigenvalue weighted by Gasteiger charge is -2.13. The van der Waals surface area contributed by atoms with Gasteiger partial charge in [0, 0.05) is 30.1 Å². The van der Waals surface area contributed by atoms with Gasteiger partial charge in [-0.3, -0.25) is 9.67 Å². The smallest absolute Gasteiger partial charge is 0.127 e. The van der Waals surface area contributed by atoms with E-state index >= 15 is 0 Å². The molecule has 5 heteroatoms. The molecule has 0 saturated heterocycles. The van der Waals surface area contributed by atoms with Gasteiger partial charge in [-0.1, -0.05) is 54.1 Å². The minimum Gasteiger partial charge on any atom is -0.493 e. The summed E-state index contributed by atoms with van der Waals surface area (Å²) < 4.78 is 8.04. The fourth-order valence-corrected chi connectivity index (χ4v) is 3.66. The summed E-state index contributed by atoms with van der Waals surface area (Å²) in [5.74, 6) is 0.961. The van der Waals surface area contributed by atoms with E-state index in [0.717, 1.165) is 61.4 Å². The largest absolute Gasteiger partial charge is 0.493 e. The first kappa shape index (κ1) is 20.8. The maximum absolute atomic E-state index is 6.13. The van der Waals surface area contributed by atoms with Crippen LogP contribution in [0.3, 0.4) is 0 Å². The van der Waals surface area contributed by atoms with E-state index in [-0.39, 0.29) is 0 Å². The summed E-state index contributed by atoms with van der Waals surface area (Å²) in [6.45, 7) is 3.75. The van der Waals surface area contributed by atoms with E-state index < -0.39 is 0 Å². The number of unbranched alkanes of at least 4 members (excludes halogenated alkanes) is 3. The van der Waals surface area contributed by atoms with Crippen molar-refractivity contribution in [3.8, 4) is 28.1 Å². The predicted octanol–water partition coefficient (Wildman–Crippen LogP) is 5.95. The van der Waals surface area contributed by atoms with Crippen molar-refractivity contribution in [2.75, 3.05) is 6.61 Å². The summed E-state index contributed by atoms with van der Waals surface area (Å²) in [4.78, 5) is 4.13. The van der Waals surface area contributed by atoms with Gasteiger partial charge < -0.3 is 4.74 Å². The summed E-state index contributed by atoms with van der Waals surface area (Å²) in [6, 6.07) is 20.7. The van der Waals surface area contributed by atoms with Crippen molar-refractivity contribution in [1.29, 1.82) is 0 Å². The molecule has 158 valence electrons. The van der Waals surface area contributed by atoms with Gasteiger partial charge in [-0.05, 0) is 55.5 Å². The van der Waals surface area contributed by atoms with Gasteiger partial charge in [0.25, 0.3) is 0 Å². The Hall–Kier alpha value is -3.47. The van der Waals surface area contributed by atoms with Crippen LogP contribution in [0.25, 0.3) is 22.4 Å². The highest BCUT2D eigenvalue weighted by atomic mass is 16.5. The quantitative estimate of drug-likeness (QED) is 0.302. The number of nitrogens with zero attached hydrogens (tertiary/aromatic N) is 4. The van der Waals surface area contributed by atoms with Crippen LogP contribution >= 0.6 is 0 Å². The number of pyridine rings is 1. The maximum atomic E-state index is 6.13. The second kappa shape index (κ2) is 10.5. The van der Waals surface area contributed by atoms with E-state index in [2.05, 4.69) is 64.7 Å². The number of rotatable bonds is 10. The highest BCUT2D eigenvalue weighted by Crippen LogP contribution is 2.32. The number of benzene rings is 2. The van der Waals surface area contributed by atoms with Crippen LogP contribution < -0.4 is 4.74 Å². The van der Waals surface area contributed by atoms with Crippen molar-refractivity contribution in [3.05, 3.63) is 84.8 Å². The summed E-state index contributed by atoms with van der Waals surface area (Å²) in [5.41, 5.74) is 5.52. The lowest BCUT2D eigenvalue weighted by molar-refractivity contribution is 0.305. The van der Waals surface area contributed by atoms with Crippen LogP contribution in [-0.2, 0) is 6.54 Å². The molecule has 0 radical (unpaired) electrons. The van der Waals surface area contributed by atoms with E-state index in [0.29, 0.717) is 0 Å². The molecule has 0 aliphatic carbocycles. The number of ether oxygens (including phenoxy) is 1. The second-order valence-corrected chi connectivity index (χ2v) is 7.68. The molecule has 2 heterocycles. The molecule has 0 aliphatic rings. The number of aromatic nitrogens is 4. The molecule has 0 bridgehead atoms. The SMILES string of the molecule is Cc1ccccc1-c1ccccc1OCCCCCCn1cc(-c2cccnc2)nn1. The minimum atomic E-state index is 0.734. The monoisotopic (exact) mass is 412 g/mol. The molecule has 0 amide bonds. The molecule has 0 spiro atoms. The van der Waals surface area contributed by atoms with Crippen molar-refractivity contribution >= 4 is 0 Å². The Bertz CT molecular complexity index is 1090. The summed E-state index contributed by atoms with van der Waals surface area (Å²) in [6.07, 6.45) is 9.96. The molecule has 0 N–H and O–H groups in total. The Morgan fingerprint density at radius 1 is 0.839 bits per heavy atom. The third-order valence-electron chi connectivity index (χ3n) is 5.36. The van der Waals surface area contributed by atoms with Crippen LogP contribution in [0.4, 0.5) is 0 Å². The standard InChI is InChI=1S/C26H28N4O/c1-21-11-4-5-13-23(21)24-14-6-7-15-26(24)31-18-9-3-2-8-17-30-20-25(28-29-30)22-12-10-16-27-19-22/h4-7,10-16,19-20H,2-3,8-9,17-18H2,1H3.